The molecular weight excluding hydrogens is 384 g/mol. The summed E-state index contributed by atoms with van der Waals surface area (Å²) in [6.07, 6.45) is 5.93. The summed E-state index contributed by atoms with van der Waals surface area (Å²) in [4.78, 5) is 28.3. The van der Waals surface area contributed by atoms with E-state index in [1.807, 2.05) is 35.2 Å². The molecule has 154 valence electrons. The van der Waals surface area contributed by atoms with Crippen molar-refractivity contribution in [1.82, 2.24) is 15.1 Å². The fourth-order valence-electron chi connectivity index (χ4n) is 4.64. The molecule has 1 aromatic carbocycles. The minimum atomic E-state index is -0.451. The zero-order chi connectivity index (χ0) is 20.4. The van der Waals surface area contributed by atoms with Gasteiger partial charge in [-0.25, -0.2) is 0 Å². The number of carbonyl (C=O) groups is 2. The minimum absolute atomic E-state index is 0.0436. The summed E-state index contributed by atoms with van der Waals surface area (Å²) < 4.78 is 0. The lowest BCUT2D eigenvalue weighted by molar-refractivity contribution is -0.120. The molecule has 1 aliphatic carbocycles. The number of carbonyl (C=O) groups excluding carboxylic acids is 2. The molecule has 3 unspecified atom stereocenters. The van der Waals surface area contributed by atoms with Crippen LogP contribution >= 0.6 is 11.3 Å². The first-order valence-electron chi connectivity index (χ1n) is 10.5. The topological polar surface area (TPSA) is 75.2 Å². The maximum absolute atomic E-state index is 13.3. The number of aromatic nitrogens is 2. The van der Waals surface area contributed by atoms with Crippen molar-refractivity contribution in [2.75, 3.05) is 5.32 Å². The van der Waals surface area contributed by atoms with Gasteiger partial charge < -0.3 is 4.90 Å². The van der Waals surface area contributed by atoms with Crippen molar-refractivity contribution in [2.24, 2.45) is 11.8 Å². The van der Waals surface area contributed by atoms with Gasteiger partial charge in [0.05, 0.1) is 0 Å². The Morgan fingerprint density at radius 3 is 2.69 bits per heavy atom. The highest BCUT2D eigenvalue weighted by Gasteiger charge is 2.47. The molecule has 4 rings (SSSR count). The molecule has 1 saturated carbocycles. The third-order valence-electron chi connectivity index (χ3n) is 5.93. The third-order valence-corrected chi connectivity index (χ3v) is 6.79. The van der Waals surface area contributed by atoms with E-state index in [9.17, 15) is 9.59 Å². The van der Waals surface area contributed by atoms with Crippen LogP contribution in [0.1, 0.15) is 61.3 Å². The first-order chi connectivity index (χ1) is 14.0. The zero-order valence-corrected chi connectivity index (χ0v) is 17.8. The average Bonchev–Trinajstić information content (AvgIpc) is 3.31. The summed E-state index contributed by atoms with van der Waals surface area (Å²) in [6.45, 7) is 4.26. The van der Waals surface area contributed by atoms with Crippen LogP contribution in [0, 0.1) is 11.8 Å². The van der Waals surface area contributed by atoms with Gasteiger partial charge in [-0.3, -0.25) is 14.9 Å². The number of fused-ring (bicyclic) bond motifs is 1. The highest BCUT2D eigenvalue weighted by molar-refractivity contribution is 7.15. The molecule has 2 heterocycles. The van der Waals surface area contributed by atoms with Gasteiger partial charge in [-0.2, -0.15) is 0 Å². The number of rotatable bonds is 5. The molecular formula is C22H28N4O2S. The summed E-state index contributed by atoms with van der Waals surface area (Å²) in [7, 11) is 0. The monoisotopic (exact) mass is 412 g/mol. The fourth-order valence-corrected chi connectivity index (χ4v) is 5.60. The van der Waals surface area contributed by atoms with E-state index in [1.165, 1.54) is 17.8 Å². The Kier molecular flexibility index (Phi) is 5.94. The van der Waals surface area contributed by atoms with Crippen molar-refractivity contribution in [1.29, 1.82) is 0 Å². The van der Waals surface area contributed by atoms with Gasteiger partial charge in [0, 0.05) is 18.0 Å². The SMILES string of the molecule is CC(C)Cc1nnc(NC(=O)C2CC3CCCCC3N2C(=O)c2ccccc2)s1. The molecule has 2 aromatic rings. The lowest BCUT2D eigenvalue weighted by Gasteiger charge is -2.33. The van der Waals surface area contributed by atoms with Gasteiger partial charge in [-0.1, -0.05) is 56.2 Å². The van der Waals surface area contributed by atoms with Crippen LogP contribution < -0.4 is 5.32 Å². The average molecular weight is 413 g/mol. The smallest absolute Gasteiger partial charge is 0.254 e. The van der Waals surface area contributed by atoms with Crippen molar-refractivity contribution in [2.45, 2.75) is 64.5 Å². The van der Waals surface area contributed by atoms with Crippen LogP contribution in [0.3, 0.4) is 0 Å². The lowest BCUT2D eigenvalue weighted by Crippen LogP contribution is -2.47. The standard InChI is InChI=1S/C22H28N4O2S/c1-14(2)12-19-24-25-22(29-19)23-20(27)18-13-16-10-6-7-11-17(16)26(18)21(28)15-8-4-3-5-9-15/h3-5,8-9,14,16-18H,6-7,10-13H2,1-2H3,(H,23,25,27). The second-order valence-corrected chi connectivity index (χ2v) is 9.59. The van der Waals surface area contributed by atoms with Gasteiger partial charge in [0.2, 0.25) is 11.0 Å². The molecule has 2 fully saturated rings. The zero-order valence-electron chi connectivity index (χ0n) is 17.0. The molecule has 3 atom stereocenters. The van der Waals surface area contributed by atoms with Gasteiger partial charge >= 0.3 is 0 Å². The van der Waals surface area contributed by atoms with Crippen LogP contribution in [0.15, 0.2) is 30.3 Å². The van der Waals surface area contributed by atoms with Gasteiger partial charge in [-0.15, -0.1) is 10.2 Å². The molecule has 29 heavy (non-hydrogen) atoms. The number of nitrogens with zero attached hydrogens (tertiary/aromatic N) is 3. The normalized spacial score (nSPS) is 23.8. The quantitative estimate of drug-likeness (QED) is 0.800. The molecule has 1 saturated heterocycles. The summed E-state index contributed by atoms with van der Waals surface area (Å²) in [5, 5.41) is 12.7. The highest BCUT2D eigenvalue weighted by Crippen LogP contribution is 2.41. The summed E-state index contributed by atoms with van der Waals surface area (Å²) >= 11 is 1.42. The lowest BCUT2D eigenvalue weighted by atomic mass is 9.84. The molecule has 0 bridgehead atoms. The molecule has 2 aliphatic rings. The van der Waals surface area contributed by atoms with E-state index < -0.39 is 6.04 Å². The molecule has 2 amide bonds. The number of benzene rings is 1. The van der Waals surface area contributed by atoms with Crippen molar-refractivity contribution < 1.29 is 9.59 Å². The van der Waals surface area contributed by atoms with Crippen LogP contribution in [0.5, 0.6) is 0 Å². The van der Waals surface area contributed by atoms with E-state index in [-0.39, 0.29) is 17.9 Å². The van der Waals surface area contributed by atoms with Crippen molar-refractivity contribution in [3.63, 3.8) is 0 Å². The van der Waals surface area contributed by atoms with Crippen LogP contribution in [0.2, 0.25) is 0 Å². The van der Waals surface area contributed by atoms with E-state index in [0.29, 0.717) is 22.5 Å². The van der Waals surface area contributed by atoms with E-state index in [4.69, 9.17) is 0 Å². The van der Waals surface area contributed by atoms with E-state index in [2.05, 4.69) is 29.4 Å². The summed E-state index contributed by atoms with van der Waals surface area (Å²) in [6, 6.07) is 9.00. The first-order valence-corrected chi connectivity index (χ1v) is 11.4. The number of hydrogen-bond acceptors (Lipinski definition) is 5. The van der Waals surface area contributed by atoms with Crippen LogP contribution in [0.4, 0.5) is 5.13 Å². The Bertz CT molecular complexity index is 867. The Balaban J connectivity index is 1.54. The van der Waals surface area contributed by atoms with Gasteiger partial charge in [0.25, 0.3) is 5.91 Å². The fraction of sp³-hybridized carbons (Fsp3) is 0.545. The van der Waals surface area contributed by atoms with Gasteiger partial charge in [0.15, 0.2) is 0 Å². The molecule has 7 heteroatoms. The highest BCUT2D eigenvalue weighted by atomic mass is 32.1. The second kappa shape index (κ2) is 8.61. The molecule has 0 spiro atoms. The number of hydrogen-bond donors (Lipinski definition) is 1. The van der Waals surface area contributed by atoms with Crippen LogP contribution in [-0.2, 0) is 11.2 Å². The first kappa shape index (κ1) is 20.0. The van der Waals surface area contributed by atoms with E-state index in [1.54, 1.807) is 0 Å². The summed E-state index contributed by atoms with van der Waals surface area (Å²) in [5.41, 5.74) is 0.645. The Morgan fingerprint density at radius 1 is 1.17 bits per heavy atom. The molecule has 6 nitrogen and oxygen atoms in total. The Hall–Kier alpha value is -2.28. The number of amides is 2. The number of nitrogens with one attached hydrogen (secondary N) is 1. The Morgan fingerprint density at radius 2 is 1.93 bits per heavy atom. The third kappa shape index (κ3) is 4.34. The maximum Gasteiger partial charge on any atom is 0.254 e. The molecule has 1 aliphatic heterocycles. The molecule has 1 aromatic heterocycles. The van der Waals surface area contributed by atoms with Gasteiger partial charge in [0.1, 0.15) is 11.0 Å². The minimum Gasteiger partial charge on any atom is -0.323 e. The van der Waals surface area contributed by atoms with Crippen molar-refractivity contribution >= 4 is 28.3 Å². The number of likely N-dealkylation sites (tertiary alicyclic amines) is 1. The predicted octanol–water partition coefficient (Wildman–Crippen LogP) is 4.15. The predicted molar refractivity (Wildman–Crippen MR) is 114 cm³/mol. The van der Waals surface area contributed by atoms with Gasteiger partial charge in [-0.05, 0) is 43.2 Å². The largest absolute Gasteiger partial charge is 0.323 e. The van der Waals surface area contributed by atoms with Crippen molar-refractivity contribution in [3.8, 4) is 0 Å². The van der Waals surface area contributed by atoms with E-state index in [0.717, 1.165) is 37.1 Å². The van der Waals surface area contributed by atoms with Crippen LogP contribution in [0.25, 0.3) is 0 Å². The second-order valence-electron chi connectivity index (χ2n) is 8.53. The van der Waals surface area contributed by atoms with E-state index >= 15 is 0 Å². The molecule has 1 N–H and O–H groups in total. The Labute approximate surface area is 175 Å². The van der Waals surface area contributed by atoms with Crippen LogP contribution in [-0.4, -0.2) is 39.0 Å². The maximum atomic E-state index is 13.3. The van der Waals surface area contributed by atoms with Crippen molar-refractivity contribution in [3.05, 3.63) is 40.9 Å². The summed E-state index contributed by atoms with van der Waals surface area (Å²) in [5.74, 6) is 0.704. The molecule has 0 radical (unpaired) electrons. The number of anilines is 1.